The SMILES string of the molecule is CCN(C(=O)C(C)OC(=O)c1ccc(OCC(N)=O)c(OC)c1)C1CCS(=O)(=O)C1. The van der Waals surface area contributed by atoms with Gasteiger partial charge in [0.25, 0.3) is 11.8 Å². The summed E-state index contributed by atoms with van der Waals surface area (Å²) in [6, 6.07) is 3.76. The second-order valence-corrected chi connectivity index (χ2v) is 9.08. The number of hydrogen-bond donors (Lipinski definition) is 1. The fourth-order valence-corrected chi connectivity index (χ4v) is 4.92. The summed E-state index contributed by atoms with van der Waals surface area (Å²) in [4.78, 5) is 37.5. The number of nitrogens with two attached hydrogens (primary N) is 1. The lowest BCUT2D eigenvalue weighted by atomic mass is 10.2. The molecule has 1 fully saturated rings. The first-order valence-corrected chi connectivity index (χ1v) is 11.2. The van der Waals surface area contributed by atoms with Crippen LogP contribution in [0.1, 0.15) is 30.6 Å². The summed E-state index contributed by atoms with van der Waals surface area (Å²) < 4.78 is 39.1. The zero-order valence-electron chi connectivity index (χ0n) is 17.1. The molecule has 11 heteroatoms. The van der Waals surface area contributed by atoms with E-state index in [9.17, 15) is 22.8 Å². The summed E-state index contributed by atoms with van der Waals surface area (Å²) in [6.07, 6.45) is -0.732. The molecule has 1 heterocycles. The largest absolute Gasteiger partial charge is 0.493 e. The molecule has 1 aliphatic heterocycles. The minimum absolute atomic E-state index is 0.0413. The van der Waals surface area contributed by atoms with Gasteiger partial charge in [-0.1, -0.05) is 0 Å². The minimum atomic E-state index is -3.15. The van der Waals surface area contributed by atoms with E-state index in [1.54, 1.807) is 6.92 Å². The molecule has 0 radical (unpaired) electrons. The predicted octanol–water partition coefficient (Wildman–Crippen LogP) is 0.140. The zero-order valence-corrected chi connectivity index (χ0v) is 17.9. The molecule has 2 unspecified atom stereocenters. The molecule has 1 aromatic rings. The van der Waals surface area contributed by atoms with Gasteiger partial charge in [-0.15, -0.1) is 0 Å². The molecule has 166 valence electrons. The van der Waals surface area contributed by atoms with Crippen LogP contribution in [0, 0.1) is 0 Å². The molecule has 0 spiro atoms. The summed E-state index contributed by atoms with van der Waals surface area (Å²) >= 11 is 0. The van der Waals surface area contributed by atoms with Gasteiger partial charge in [0.15, 0.2) is 34.0 Å². The summed E-state index contributed by atoms with van der Waals surface area (Å²) in [5.41, 5.74) is 5.16. The Labute approximate surface area is 175 Å². The van der Waals surface area contributed by atoms with Gasteiger partial charge in [-0.05, 0) is 38.5 Å². The molecule has 0 aromatic heterocycles. The van der Waals surface area contributed by atoms with Crippen LogP contribution in [-0.2, 0) is 24.2 Å². The summed E-state index contributed by atoms with van der Waals surface area (Å²) in [6.45, 7) is 3.14. The van der Waals surface area contributed by atoms with E-state index in [-0.39, 0.29) is 35.2 Å². The third kappa shape index (κ3) is 5.85. The van der Waals surface area contributed by atoms with Crippen LogP contribution in [0.4, 0.5) is 0 Å². The maximum absolute atomic E-state index is 12.7. The first-order chi connectivity index (χ1) is 14.1. The lowest BCUT2D eigenvalue weighted by Gasteiger charge is -2.29. The van der Waals surface area contributed by atoms with Crippen molar-refractivity contribution in [2.24, 2.45) is 5.73 Å². The van der Waals surface area contributed by atoms with E-state index < -0.39 is 39.8 Å². The van der Waals surface area contributed by atoms with Gasteiger partial charge in [0.1, 0.15) is 0 Å². The molecule has 0 bridgehead atoms. The molecule has 2 N–H and O–H groups in total. The number of benzene rings is 1. The fraction of sp³-hybridized carbons (Fsp3) is 0.526. The highest BCUT2D eigenvalue weighted by molar-refractivity contribution is 7.91. The van der Waals surface area contributed by atoms with Gasteiger partial charge in [-0.3, -0.25) is 9.59 Å². The van der Waals surface area contributed by atoms with Gasteiger partial charge in [0, 0.05) is 12.6 Å². The van der Waals surface area contributed by atoms with Crippen molar-refractivity contribution in [2.45, 2.75) is 32.4 Å². The standard InChI is InChI=1S/C19H26N2O8S/c1-4-21(14-7-8-30(25,26)11-14)18(23)12(2)29-19(24)13-5-6-15(16(9-13)27-3)28-10-17(20)22/h5-6,9,12,14H,4,7-8,10-11H2,1-3H3,(H2,20,22). The summed E-state index contributed by atoms with van der Waals surface area (Å²) in [5, 5.41) is 0. The molecule has 2 rings (SSSR count). The van der Waals surface area contributed by atoms with Crippen LogP contribution in [0.25, 0.3) is 0 Å². The molecule has 1 aliphatic rings. The van der Waals surface area contributed by atoms with Gasteiger partial charge in [-0.25, -0.2) is 13.2 Å². The highest BCUT2D eigenvalue weighted by Crippen LogP contribution is 2.28. The van der Waals surface area contributed by atoms with Crippen molar-refractivity contribution in [3.63, 3.8) is 0 Å². The van der Waals surface area contributed by atoms with Gasteiger partial charge >= 0.3 is 5.97 Å². The minimum Gasteiger partial charge on any atom is -0.493 e. The number of sulfone groups is 1. The maximum Gasteiger partial charge on any atom is 0.339 e. The molecule has 2 amide bonds. The average Bonchev–Trinajstić information content (AvgIpc) is 3.05. The van der Waals surface area contributed by atoms with Crippen molar-refractivity contribution >= 4 is 27.6 Å². The Hall–Kier alpha value is -2.82. The number of rotatable bonds is 9. The van der Waals surface area contributed by atoms with Crippen molar-refractivity contribution in [3.8, 4) is 11.5 Å². The van der Waals surface area contributed by atoms with Crippen molar-refractivity contribution in [1.29, 1.82) is 0 Å². The average molecular weight is 442 g/mol. The van der Waals surface area contributed by atoms with Crippen LogP contribution in [-0.4, -0.2) is 75.0 Å². The van der Waals surface area contributed by atoms with E-state index in [2.05, 4.69) is 0 Å². The van der Waals surface area contributed by atoms with E-state index in [0.717, 1.165) is 0 Å². The summed E-state index contributed by atoms with van der Waals surface area (Å²) in [7, 11) is -1.79. The van der Waals surface area contributed by atoms with Crippen LogP contribution in [0.15, 0.2) is 18.2 Å². The van der Waals surface area contributed by atoms with E-state index >= 15 is 0 Å². The quantitative estimate of drug-likeness (QED) is 0.532. The molecule has 30 heavy (non-hydrogen) atoms. The van der Waals surface area contributed by atoms with Crippen molar-refractivity contribution in [3.05, 3.63) is 23.8 Å². The highest BCUT2D eigenvalue weighted by Gasteiger charge is 2.36. The Bertz CT molecular complexity index is 915. The van der Waals surface area contributed by atoms with Crippen LogP contribution in [0.3, 0.4) is 0 Å². The van der Waals surface area contributed by atoms with Crippen LogP contribution in [0.5, 0.6) is 11.5 Å². The number of primary amides is 1. The highest BCUT2D eigenvalue weighted by atomic mass is 32.2. The van der Waals surface area contributed by atoms with E-state index in [0.29, 0.717) is 13.0 Å². The molecule has 0 saturated carbocycles. The molecule has 2 atom stereocenters. The van der Waals surface area contributed by atoms with Crippen LogP contribution < -0.4 is 15.2 Å². The normalized spacial score (nSPS) is 18.3. The Morgan fingerprint density at radius 3 is 2.50 bits per heavy atom. The molecule has 0 aliphatic carbocycles. The third-order valence-electron chi connectivity index (χ3n) is 4.67. The number of likely N-dealkylation sites (N-methyl/N-ethyl adjacent to an activating group) is 1. The first kappa shape index (κ1) is 23.5. The van der Waals surface area contributed by atoms with Crippen molar-refractivity contribution < 1.29 is 37.0 Å². The maximum atomic E-state index is 12.7. The van der Waals surface area contributed by atoms with E-state index in [4.69, 9.17) is 19.9 Å². The lowest BCUT2D eigenvalue weighted by Crippen LogP contribution is -2.46. The van der Waals surface area contributed by atoms with Crippen molar-refractivity contribution in [2.75, 3.05) is 31.8 Å². The number of ether oxygens (including phenoxy) is 3. The second-order valence-electron chi connectivity index (χ2n) is 6.85. The van der Waals surface area contributed by atoms with Crippen LogP contribution >= 0.6 is 0 Å². The Kier molecular flexibility index (Phi) is 7.65. The van der Waals surface area contributed by atoms with E-state index in [1.165, 1.54) is 37.1 Å². The summed E-state index contributed by atoms with van der Waals surface area (Å²) in [5.74, 6) is -1.51. The second kappa shape index (κ2) is 9.79. The lowest BCUT2D eigenvalue weighted by molar-refractivity contribution is -0.141. The van der Waals surface area contributed by atoms with Gasteiger partial charge in [0.2, 0.25) is 0 Å². The first-order valence-electron chi connectivity index (χ1n) is 9.39. The number of esters is 1. The Morgan fingerprint density at radius 2 is 1.97 bits per heavy atom. The third-order valence-corrected chi connectivity index (χ3v) is 6.42. The number of amides is 2. The number of carbonyl (C=O) groups excluding carboxylic acids is 3. The van der Waals surface area contributed by atoms with Crippen LogP contribution in [0.2, 0.25) is 0 Å². The Morgan fingerprint density at radius 1 is 1.27 bits per heavy atom. The zero-order chi connectivity index (χ0) is 22.5. The fourth-order valence-electron chi connectivity index (χ4n) is 3.19. The number of carbonyl (C=O) groups is 3. The topological polar surface area (TPSA) is 142 Å². The number of nitrogens with zero attached hydrogens (tertiary/aromatic N) is 1. The predicted molar refractivity (Wildman–Crippen MR) is 107 cm³/mol. The van der Waals surface area contributed by atoms with Gasteiger partial charge in [-0.2, -0.15) is 0 Å². The monoisotopic (exact) mass is 442 g/mol. The molecular weight excluding hydrogens is 416 g/mol. The number of hydrogen-bond acceptors (Lipinski definition) is 8. The molecule has 10 nitrogen and oxygen atoms in total. The van der Waals surface area contributed by atoms with E-state index in [1.807, 2.05) is 0 Å². The smallest absolute Gasteiger partial charge is 0.339 e. The Balaban J connectivity index is 2.06. The van der Waals surface area contributed by atoms with Gasteiger partial charge < -0.3 is 24.8 Å². The molecular formula is C19H26N2O8S. The molecule has 1 saturated heterocycles. The number of methoxy groups -OCH3 is 1. The van der Waals surface area contributed by atoms with Gasteiger partial charge in [0.05, 0.1) is 24.2 Å². The van der Waals surface area contributed by atoms with Crippen molar-refractivity contribution in [1.82, 2.24) is 4.90 Å². The molecule has 1 aromatic carbocycles.